The maximum atomic E-state index is 13.8. The Kier molecular flexibility index (Phi) is 9.68. The second kappa shape index (κ2) is 13.1. The molecule has 0 bridgehead atoms. The lowest BCUT2D eigenvalue weighted by molar-refractivity contribution is -0.136. The summed E-state index contributed by atoms with van der Waals surface area (Å²) in [5.74, 6) is -5.16. The molecule has 14 heteroatoms. The number of ether oxygens (including phenoxy) is 2. The number of likely N-dealkylation sites (tertiary alicyclic amines) is 1. The van der Waals surface area contributed by atoms with E-state index >= 15 is 0 Å². The molecule has 2 aliphatic rings. The summed E-state index contributed by atoms with van der Waals surface area (Å²) in [4.78, 5) is 58.3. The van der Waals surface area contributed by atoms with Crippen molar-refractivity contribution in [1.82, 2.24) is 25.0 Å². The summed E-state index contributed by atoms with van der Waals surface area (Å²) in [6.07, 6.45) is 1.06. The first-order valence-corrected chi connectivity index (χ1v) is 14.2. The second-order valence-electron chi connectivity index (χ2n) is 11.7. The van der Waals surface area contributed by atoms with Gasteiger partial charge in [0.15, 0.2) is 0 Å². The fourth-order valence-corrected chi connectivity index (χ4v) is 5.06. The van der Waals surface area contributed by atoms with Gasteiger partial charge in [-0.15, -0.1) is 0 Å². The number of nitrogens with zero attached hydrogens (tertiary/aromatic N) is 4. The lowest BCUT2D eigenvalue weighted by Crippen LogP contribution is -2.50. The monoisotopic (exact) mass is 604 g/mol. The van der Waals surface area contributed by atoms with Crippen LogP contribution in [0.5, 0.6) is 5.75 Å². The fourth-order valence-electron chi connectivity index (χ4n) is 5.06. The number of fused-ring (bicyclic) bond motifs is 1. The first-order chi connectivity index (χ1) is 20.2. The molecule has 2 aromatic rings. The summed E-state index contributed by atoms with van der Waals surface area (Å²) in [7, 11) is 0. The highest BCUT2D eigenvalue weighted by Crippen LogP contribution is 2.32. The number of aromatic nitrogens is 1. The van der Waals surface area contributed by atoms with Crippen molar-refractivity contribution in [3.63, 3.8) is 0 Å². The number of primary amides is 1. The van der Waals surface area contributed by atoms with Crippen LogP contribution in [0.3, 0.4) is 0 Å². The average molecular weight is 605 g/mol. The number of amides is 4. The van der Waals surface area contributed by atoms with Crippen LogP contribution in [0, 0.1) is 0 Å². The lowest BCUT2D eigenvalue weighted by Gasteiger charge is -2.35. The van der Waals surface area contributed by atoms with Crippen molar-refractivity contribution in [1.29, 1.82) is 0 Å². The Balaban J connectivity index is 1.27. The molecule has 4 amide bonds. The van der Waals surface area contributed by atoms with Gasteiger partial charge in [-0.25, -0.2) is 13.6 Å². The van der Waals surface area contributed by atoms with E-state index in [1.807, 2.05) is 20.8 Å². The summed E-state index contributed by atoms with van der Waals surface area (Å²) >= 11 is 0. The highest BCUT2D eigenvalue weighted by molar-refractivity contribution is 6.07. The fraction of sp³-hybridized carbons (Fsp3) is 0.552. The van der Waals surface area contributed by atoms with E-state index in [9.17, 15) is 28.0 Å². The summed E-state index contributed by atoms with van der Waals surface area (Å²) in [5, 5.41) is 2.94. The smallest absolute Gasteiger partial charge is 0.410 e. The van der Waals surface area contributed by atoms with Crippen molar-refractivity contribution in [3.8, 4) is 5.75 Å². The Morgan fingerprint density at radius 2 is 1.84 bits per heavy atom. The highest BCUT2D eigenvalue weighted by Gasteiger charge is 2.49. The molecule has 1 aromatic heterocycles. The minimum Gasteiger partial charge on any atom is -0.494 e. The predicted octanol–water partition coefficient (Wildman–Crippen LogP) is 2.01. The zero-order chi connectivity index (χ0) is 31.4. The number of rotatable bonds is 9. The third-order valence-electron chi connectivity index (χ3n) is 7.19. The van der Waals surface area contributed by atoms with Crippen LogP contribution < -0.4 is 15.8 Å². The van der Waals surface area contributed by atoms with Crippen molar-refractivity contribution >= 4 is 34.7 Å². The molecule has 0 saturated carbocycles. The normalized spacial score (nSPS) is 18.9. The Bertz CT molecular complexity index is 1360. The van der Waals surface area contributed by atoms with Crippen LogP contribution in [0.25, 0.3) is 10.9 Å². The van der Waals surface area contributed by atoms with Gasteiger partial charge in [-0.2, -0.15) is 0 Å². The van der Waals surface area contributed by atoms with Crippen molar-refractivity contribution in [3.05, 3.63) is 36.0 Å². The molecular formula is C29H38F2N6O6. The van der Waals surface area contributed by atoms with E-state index in [4.69, 9.17) is 15.2 Å². The number of pyridine rings is 1. The molecule has 0 aliphatic carbocycles. The number of halogens is 2. The SMILES string of the molecule is CC(C)(C)OC(=O)N1CCN(CCCOc2ccc3nccc(C(=O)NCC(=O)N4CC(F)(F)C[C@H]4C(N)=O)c3c2)CC1. The molecule has 1 atom stereocenters. The van der Waals surface area contributed by atoms with Gasteiger partial charge >= 0.3 is 6.09 Å². The average Bonchev–Trinajstić information content (AvgIpc) is 3.28. The topological polar surface area (TPSA) is 147 Å². The van der Waals surface area contributed by atoms with Crippen LogP contribution in [-0.4, -0.2) is 113 Å². The number of piperazine rings is 1. The Morgan fingerprint density at radius 1 is 1.12 bits per heavy atom. The van der Waals surface area contributed by atoms with Gasteiger partial charge in [0, 0.05) is 50.7 Å². The van der Waals surface area contributed by atoms with Crippen LogP contribution in [0.15, 0.2) is 30.5 Å². The number of alkyl halides is 2. The van der Waals surface area contributed by atoms with E-state index in [0.717, 1.165) is 26.1 Å². The van der Waals surface area contributed by atoms with E-state index in [1.165, 1.54) is 12.3 Å². The van der Waals surface area contributed by atoms with Gasteiger partial charge in [0.25, 0.3) is 11.8 Å². The zero-order valence-electron chi connectivity index (χ0n) is 24.6. The van der Waals surface area contributed by atoms with Crippen LogP contribution in [0.2, 0.25) is 0 Å². The highest BCUT2D eigenvalue weighted by atomic mass is 19.3. The van der Waals surface area contributed by atoms with Crippen LogP contribution in [0.4, 0.5) is 13.6 Å². The Labute approximate surface area is 248 Å². The molecule has 0 unspecified atom stereocenters. The first-order valence-electron chi connectivity index (χ1n) is 14.2. The summed E-state index contributed by atoms with van der Waals surface area (Å²) < 4.78 is 39.0. The molecular weight excluding hydrogens is 566 g/mol. The van der Waals surface area contributed by atoms with Gasteiger partial charge in [-0.3, -0.25) is 24.3 Å². The number of benzene rings is 1. The molecule has 0 spiro atoms. The van der Waals surface area contributed by atoms with E-state index in [1.54, 1.807) is 23.1 Å². The third kappa shape index (κ3) is 8.49. The molecule has 43 heavy (non-hydrogen) atoms. The zero-order valence-corrected chi connectivity index (χ0v) is 24.6. The molecule has 3 N–H and O–H groups in total. The van der Waals surface area contributed by atoms with Gasteiger partial charge in [-0.1, -0.05) is 0 Å². The van der Waals surface area contributed by atoms with Gasteiger partial charge in [-0.05, 0) is 51.5 Å². The predicted molar refractivity (Wildman–Crippen MR) is 153 cm³/mol. The summed E-state index contributed by atoms with van der Waals surface area (Å²) in [6.45, 7) is 7.92. The third-order valence-corrected chi connectivity index (χ3v) is 7.19. The lowest BCUT2D eigenvalue weighted by atomic mass is 10.1. The minimum absolute atomic E-state index is 0.226. The van der Waals surface area contributed by atoms with E-state index < -0.39 is 54.8 Å². The summed E-state index contributed by atoms with van der Waals surface area (Å²) in [6, 6.07) is 5.20. The first kappa shape index (κ1) is 31.9. The van der Waals surface area contributed by atoms with Crippen molar-refractivity contribution < 1.29 is 37.4 Å². The molecule has 2 fully saturated rings. The number of nitrogens with two attached hydrogens (primary N) is 1. The van der Waals surface area contributed by atoms with Crippen LogP contribution >= 0.6 is 0 Å². The largest absolute Gasteiger partial charge is 0.494 e. The standard InChI is InChI=1S/C29H38F2N6O6/c1-28(2,3)43-27(41)36-12-10-35(11-13-36)9-4-14-42-19-5-6-22-21(15-19)20(7-8-33-22)26(40)34-17-24(38)37-18-29(30,31)16-23(37)25(32)39/h5-8,15,23H,4,9-14,16-18H2,1-3H3,(H2,32,39)(H,34,40)/t23-/m0/s1. The Hall–Kier alpha value is -4.07. The second-order valence-corrected chi connectivity index (χ2v) is 11.7. The number of carbonyl (C=O) groups excluding carboxylic acids is 4. The van der Waals surface area contributed by atoms with E-state index in [-0.39, 0.29) is 11.7 Å². The van der Waals surface area contributed by atoms with Crippen LogP contribution in [0.1, 0.15) is 44.0 Å². The molecule has 2 aliphatic heterocycles. The maximum absolute atomic E-state index is 13.8. The maximum Gasteiger partial charge on any atom is 0.410 e. The number of nitrogens with one attached hydrogen (secondary N) is 1. The molecule has 0 radical (unpaired) electrons. The Morgan fingerprint density at radius 3 is 2.51 bits per heavy atom. The molecule has 3 heterocycles. The van der Waals surface area contributed by atoms with Crippen molar-refractivity contribution in [2.75, 3.05) is 52.4 Å². The number of carbonyl (C=O) groups is 4. The van der Waals surface area contributed by atoms with Crippen LogP contribution in [-0.2, 0) is 14.3 Å². The summed E-state index contributed by atoms with van der Waals surface area (Å²) in [5.41, 5.74) is 5.42. The van der Waals surface area contributed by atoms with Gasteiger partial charge < -0.3 is 30.3 Å². The van der Waals surface area contributed by atoms with Gasteiger partial charge in [0.2, 0.25) is 11.8 Å². The quantitative estimate of drug-likeness (QED) is 0.413. The number of hydrogen-bond acceptors (Lipinski definition) is 8. The van der Waals surface area contributed by atoms with E-state index in [2.05, 4.69) is 15.2 Å². The molecule has 234 valence electrons. The molecule has 12 nitrogen and oxygen atoms in total. The number of hydrogen-bond donors (Lipinski definition) is 2. The van der Waals surface area contributed by atoms with Crippen molar-refractivity contribution in [2.45, 2.75) is 51.2 Å². The van der Waals surface area contributed by atoms with Gasteiger partial charge in [0.05, 0.1) is 30.8 Å². The van der Waals surface area contributed by atoms with Crippen molar-refractivity contribution in [2.24, 2.45) is 5.73 Å². The molecule has 2 saturated heterocycles. The van der Waals surface area contributed by atoms with Gasteiger partial charge in [0.1, 0.15) is 17.4 Å². The molecule has 1 aromatic carbocycles. The molecule has 4 rings (SSSR count). The van der Waals surface area contributed by atoms with E-state index in [0.29, 0.717) is 41.2 Å². The minimum atomic E-state index is -3.23.